The van der Waals surface area contributed by atoms with Crippen molar-refractivity contribution in [3.8, 4) is 22.3 Å². The van der Waals surface area contributed by atoms with Crippen LogP contribution < -0.4 is 11.1 Å². The first-order chi connectivity index (χ1) is 12.1. The van der Waals surface area contributed by atoms with Gasteiger partial charge < -0.3 is 11.1 Å². The maximum absolute atomic E-state index is 14.7. The second-order valence-corrected chi connectivity index (χ2v) is 6.02. The molecule has 3 aromatic rings. The van der Waals surface area contributed by atoms with Crippen molar-refractivity contribution in [2.24, 2.45) is 0 Å². The van der Waals surface area contributed by atoms with Crippen LogP contribution in [0.1, 0.15) is 15.9 Å². The largest absolute Gasteiger partial charge is 0.383 e. The molecule has 124 valence electrons. The van der Waals surface area contributed by atoms with Crippen molar-refractivity contribution in [3.63, 3.8) is 0 Å². The highest BCUT2D eigenvalue weighted by Crippen LogP contribution is 2.33. The highest BCUT2D eigenvalue weighted by Gasteiger charge is 2.21. The Hall–Kier alpha value is -3.21. The van der Waals surface area contributed by atoms with Crippen molar-refractivity contribution < 1.29 is 9.18 Å². The van der Waals surface area contributed by atoms with Crippen molar-refractivity contribution in [1.29, 1.82) is 0 Å². The highest BCUT2D eigenvalue weighted by molar-refractivity contribution is 5.97. The number of anilines is 1. The van der Waals surface area contributed by atoms with Gasteiger partial charge in [0.25, 0.3) is 5.91 Å². The quantitative estimate of drug-likeness (QED) is 0.755. The maximum Gasteiger partial charge on any atom is 0.251 e. The number of pyridine rings is 1. The standard InChI is InChI=1S/C20H16FN3O/c21-18-10-15-13(6-7-23-20(15)25)8-16(18)17-9-14(11-24-19(17)22)12-4-2-1-3-5-12/h1-5,8-11H,6-7H2,(H2,22,24)(H,23,25). The van der Waals surface area contributed by atoms with Crippen LogP contribution in [-0.2, 0) is 6.42 Å². The van der Waals surface area contributed by atoms with Crippen molar-refractivity contribution in [1.82, 2.24) is 10.3 Å². The third kappa shape index (κ3) is 2.74. The summed E-state index contributed by atoms with van der Waals surface area (Å²) in [6, 6.07) is 14.6. The lowest BCUT2D eigenvalue weighted by Crippen LogP contribution is -2.32. The fourth-order valence-corrected chi connectivity index (χ4v) is 3.13. The van der Waals surface area contributed by atoms with Gasteiger partial charge in [-0.15, -0.1) is 0 Å². The number of nitrogens with one attached hydrogen (secondary N) is 1. The molecule has 0 fully saturated rings. The van der Waals surface area contributed by atoms with E-state index < -0.39 is 5.82 Å². The van der Waals surface area contributed by atoms with Crippen LogP contribution >= 0.6 is 0 Å². The molecule has 0 atom stereocenters. The number of amides is 1. The van der Waals surface area contributed by atoms with Gasteiger partial charge in [-0.25, -0.2) is 9.37 Å². The van der Waals surface area contributed by atoms with Crippen LogP contribution in [0.15, 0.2) is 54.7 Å². The van der Waals surface area contributed by atoms with Crippen LogP contribution in [0.5, 0.6) is 0 Å². The van der Waals surface area contributed by atoms with Crippen LogP contribution in [-0.4, -0.2) is 17.4 Å². The summed E-state index contributed by atoms with van der Waals surface area (Å²) in [6.45, 7) is 0.550. The average molecular weight is 333 g/mol. The topological polar surface area (TPSA) is 68.0 Å². The maximum atomic E-state index is 14.7. The van der Waals surface area contributed by atoms with E-state index >= 15 is 0 Å². The summed E-state index contributed by atoms with van der Waals surface area (Å²) in [5.41, 5.74) is 9.97. The number of aromatic nitrogens is 1. The summed E-state index contributed by atoms with van der Waals surface area (Å²) in [7, 11) is 0. The van der Waals surface area contributed by atoms with E-state index in [1.165, 1.54) is 6.07 Å². The minimum absolute atomic E-state index is 0.240. The molecule has 1 aliphatic rings. The zero-order chi connectivity index (χ0) is 17.4. The first kappa shape index (κ1) is 15.3. The van der Waals surface area contributed by atoms with Gasteiger partial charge in [0.1, 0.15) is 11.6 Å². The third-order valence-electron chi connectivity index (χ3n) is 4.43. The molecule has 4 nitrogen and oxygen atoms in total. The number of rotatable bonds is 2. The Morgan fingerprint density at radius 1 is 1.00 bits per heavy atom. The van der Waals surface area contributed by atoms with Crippen LogP contribution in [0.4, 0.5) is 10.2 Å². The molecular weight excluding hydrogens is 317 g/mol. The summed E-state index contributed by atoms with van der Waals surface area (Å²) in [4.78, 5) is 16.1. The smallest absolute Gasteiger partial charge is 0.251 e. The Balaban J connectivity index is 1.86. The molecule has 0 aliphatic carbocycles. The molecule has 2 heterocycles. The molecule has 0 saturated carbocycles. The summed E-state index contributed by atoms with van der Waals surface area (Å²) >= 11 is 0. The zero-order valence-corrected chi connectivity index (χ0v) is 13.4. The molecule has 5 heteroatoms. The van der Waals surface area contributed by atoms with Crippen molar-refractivity contribution >= 4 is 11.7 Å². The monoisotopic (exact) mass is 333 g/mol. The van der Waals surface area contributed by atoms with Crippen molar-refractivity contribution in [2.75, 3.05) is 12.3 Å². The number of fused-ring (bicyclic) bond motifs is 1. The van der Waals surface area contributed by atoms with Gasteiger partial charge in [-0.3, -0.25) is 4.79 Å². The van der Waals surface area contributed by atoms with E-state index in [-0.39, 0.29) is 11.7 Å². The molecule has 4 rings (SSSR count). The predicted octanol–water partition coefficient (Wildman–Crippen LogP) is 3.42. The van der Waals surface area contributed by atoms with E-state index in [1.807, 2.05) is 36.4 Å². The molecule has 0 saturated heterocycles. The van der Waals surface area contributed by atoms with E-state index in [9.17, 15) is 9.18 Å². The molecule has 1 amide bonds. The first-order valence-corrected chi connectivity index (χ1v) is 8.05. The highest BCUT2D eigenvalue weighted by atomic mass is 19.1. The molecule has 0 unspecified atom stereocenters. The van der Waals surface area contributed by atoms with Crippen molar-refractivity contribution in [3.05, 3.63) is 71.7 Å². The number of nitrogen functional groups attached to an aromatic ring is 1. The lowest BCUT2D eigenvalue weighted by Gasteiger charge is -2.18. The predicted molar refractivity (Wildman–Crippen MR) is 95.5 cm³/mol. The number of nitrogens with zero attached hydrogens (tertiary/aromatic N) is 1. The summed E-state index contributed by atoms with van der Waals surface area (Å²) < 4.78 is 14.7. The summed E-state index contributed by atoms with van der Waals surface area (Å²) in [5.74, 6) is -0.455. The summed E-state index contributed by atoms with van der Waals surface area (Å²) in [6.07, 6.45) is 2.35. The Morgan fingerprint density at radius 3 is 2.60 bits per heavy atom. The van der Waals surface area contributed by atoms with Crippen LogP contribution in [0.2, 0.25) is 0 Å². The van der Waals surface area contributed by atoms with Crippen LogP contribution in [0, 0.1) is 5.82 Å². The van der Waals surface area contributed by atoms with Crippen LogP contribution in [0.3, 0.4) is 0 Å². The minimum Gasteiger partial charge on any atom is -0.383 e. The summed E-state index contributed by atoms with van der Waals surface area (Å²) in [5, 5.41) is 2.72. The van der Waals surface area contributed by atoms with E-state index in [0.29, 0.717) is 29.7 Å². The molecule has 0 radical (unpaired) electrons. The Morgan fingerprint density at radius 2 is 1.80 bits per heavy atom. The Kier molecular flexibility index (Phi) is 3.69. The normalized spacial score (nSPS) is 13.2. The van der Waals surface area contributed by atoms with Gasteiger partial charge in [-0.05, 0) is 35.7 Å². The molecule has 3 N–H and O–H groups in total. The van der Waals surface area contributed by atoms with E-state index in [1.54, 1.807) is 12.3 Å². The number of hydrogen-bond donors (Lipinski definition) is 2. The molecule has 1 aromatic heterocycles. The SMILES string of the molecule is Nc1ncc(-c2ccccc2)cc1-c1cc2c(cc1F)C(=O)NCC2. The molecule has 1 aliphatic heterocycles. The lowest BCUT2D eigenvalue weighted by molar-refractivity contribution is 0.0945. The number of nitrogens with two attached hydrogens (primary N) is 1. The van der Waals surface area contributed by atoms with Gasteiger partial charge >= 0.3 is 0 Å². The van der Waals surface area contributed by atoms with Gasteiger partial charge in [-0.2, -0.15) is 0 Å². The zero-order valence-electron chi connectivity index (χ0n) is 13.4. The van der Waals surface area contributed by atoms with E-state index in [2.05, 4.69) is 10.3 Å². The molecular formula is C20H16FN3O. The number of benzene rings is 2. The number of carbonyl (C=O) groups excluding carboxylic acids is 1. The molecule has 25 heavy (non-hydrogen) atoms. The number of hydrogen-bond acceptors (Lipinski definition) is 3. The van der Waals surface area contributed by atoms with Crippen molar-refractivity contribution in [2.45, 2.75) is 6.42 Å². The number of carbonyl (C=O) groups is 1. The van der Waals surface area contributed by atoms with Gasteiger partial charge in [0.05, 0.1) is 0 Å². The van der Waals surface area contributed by atoms with E-state index in [0.717, 1.165) is 16.7 Å². The second-order valence-electron chi connectivity index (χ2n) is 6.02. The minimum atomic E-state index is -0.477. The first-order valence-electron chi connectivity index (χ1n) is 8.05. The van der Waals surface area contributed by atoms with Gasteiger partial charge in [0, 0.05) is 35.0 Å². The molecule has 2 aromatic carbocycles. The third-order valence-corrected chi connectivity index (χ3v) is 4.43. The lowest BCUT2D eigenvalue weighted by atomic mass is 9.93. The number of halogens is 1. The average Bonchev–Trinajstić information content (AvgIpc) is 2.63. The van der Waals surface area contributed by atoms with Gasteiger partial charge in [0.2, 0.25) is 0 Å². The van der Waals surface area contributed by atoms with Crippen LogP contribution in [0.25, 0.3) is 22.3 Å². The second kappa shape index (κ2) is 6.02. The fraction of sp³-hybridized carbons (Fsp3) is 0.100. The molecule has 0 bridgehead atoms. The fourth-order valence-electron chi connectivity index (χ4n) is 3.13. The van der Waals surface area contributed by atoms with Gasteiger partial charge in [0.15, 0.2) is 0 Å². The van der Waals surface area contributed by atoms with Gasteiger partial charge in [-0.1, -0.05) is 30.3 Å². The molecule has 0 spiro atoms. The Labute approximate surface area is 144 Å². The Bertz CT molecular complexity index is 970. The van der Waals surface area contributed by atoms with E-state index in [4.69, 9.17) is 5.73 Å².